The maximum atomic E-state index is 3.73. The van der Waals surface area contributed by atoms with Gasteiger partial charge in [0.2, 0.25) is 0 Å². The van der Waals surface area contributed by atoms with Crippen LogP contribution in [0.2, 0.25) is 0 Å². The number of likely N-dealkylation sites (tertiary alicyclic amines) is 1. The first-order valence-corrected chi connectivity index (χ1v) is 9.14. The highest BCUT2D eigenvalue weighted by molar-refractivity contribution is 4.92. The molecule has 0 aromatic heterocycles. The first kappa shape index (κ1) is 17.2. The lowest BCUT2D eigenvalue weighted by atomic mass is 9.70. The molecule has 0 bridgehead atoms. The highest BCUT2D eigenvalue weighted by Crippen LogP contribution is 2.39. The molecule has 0 spiro atoms. The predicted octanol–water partition coefficient (Wildman–Crippen LogP) is 2.82. The van der Waals surface area contributed by atoms with E-state index < -0.39 is 0 Å². The highest BCUT2D eigenvalue weighted by Gasteiger charge is 2.37. The van der Waals surface area contributed by atoms with Crippen molar-refractivity contribution in [3.8, 4) is 0 Å². The van der Waals surface area contributed by atoms with Crippen LogP contribution < -0.4 is 5.32 Å². The van der Waals surface area contributed by atoms with Crippen LogP contribution in [0.25, 0.3) is 0 Å². The van der Waals surface area contributed by atoms with Crippen LogP contribution in [0.5, 0.6) is 0 Å². The van der Waals surface area contributed by atoms with Gasteiger partial charge in [0.05, 0.1) is 0 Å². The SMILES string of the molecule is CCCNCC1(CN2CCC(N(C)C)C2)CCC(C)CC1. The molecule has 1 N–H and O–H groups in total. The Labute approximate surface area is 132 Å². The number of nitrogens with one attached hydrogen (secondary N) is 1. The summed E-state index contributed by atoms with van der Waals surface area (Å²) in [7, 11) is 4.46. The maximum absolute atomic E-state index is 3.73. The predicted molar refractivity (Wildman–Crippen MR) is 91.8 cm³/mol. The minimum atomic E-state index is 0.545. The molecule has 0 amide bonds. The summed E-state index contributed by atoms with van der Waals surface area (Å²) in [6, 6.07) is 0.771. The lowest BCUT2D eigenvalue weighted by Gasteiger charge is -2.42. The average Bonchev–Trinajstić information content (AvgIpc) is 2.91. The molecule has 1 aliphatic carbocycles. The summed E-state index contributed by atoms with van der Waals surface area (Å²) in [6.45, 7) is 11.0. The first-order valence-electron chi connectivity index (χ1n) is 9.14. The van der Waals surface area contributed by atoms with Crippen LogP contribution in [0, 0.1) is 11.3 Å². The van der Waals surface area contributed by atoms with Gasteiger partial charge in [0.15, 0.2) is 0 Å². The molecule has 2 aliphatic rings. The van der Waals surface area contributed by atoms with Gasteiger partial charge in [-0.05, 0) is 64.2 Å². The molecule has 124 valence electrons. The Bertz CT molecular complexity index is 295. The molecule has 3 nitrogen and oxygen atoms in total. The number of hydrogen-bond donors (Lipinski definition) is 1. The van der Waals surface area contributed by atoms with Gasteiger partial charge >= 0.3 is 0 Å². The van der Waals surface area contributed by atoms with Gasteiger partial charge in [0.1, 0.15) is 0 Å². The molecule has 1 aliphatic heterocycles. The van der Waals surface area contributed by atoms with E-state index in [1.54, 1.807) is 0 Å². The van der Waals surface area contributed by atoms with Gasteiger partial charge in [-0.1, -0.05) is 26.7 Å². The Balaban J connectivity index is 1.90. The van der Waals surface area contributed by atoms with E-state index in [9.17, 15) is 0 Å². The minimum Gasteiger partial charge on any atom is -0.316 e. The van der Waals surface area contributed by atoms with Crippen molar-refractivity contribution < 1.29 is 0 Å². The van der Waals surface area contributed by atoms with Gasteiger partial charge in [-0.15, -0.1) is 0 Å². The van der Waals surface area contributed by atoms with Gasteiger partial charge in [-0.25, -0.2) is 0 Å². The summed E-state index contributed by atoms with van der Waals surface area (Å²) in [5, 5.41) is 3.73. The topological polar surface area (TPSA) is 18.5 Å². The third kappa shape index (κ3) is 4.94. The van der Waals surface area contributed by atoms with E-state index >= 15 is 0 Å². The van der Waals surface area contributed by atoms with Crippen molar-refractivity contribution in [3.63, 3.8) is 0 Å². The molecule has 21 heavy (non-hydrogen) atoms. The van der Waals surface area contributed by atoms with Gasteiger partial charge < -0.3 is 15.1 Å². The number of rotatable bonds is 7. The van der Waals surface area contributed by atoms with Gasteiger partial charge in [-0.2, -0.15) is 0 Å². The molecular formula is C18H37N3. The van der Waals surface area contributed by atoms with E-state index in [1.807, 2.05) is 0 Å². The molecule has 1 unspecified atom stereocenters. The van der Waals surface area contributed by atoms with E-state index in [4.69, 9.17) is 0 Å². The average molecular weight is 296 g/mol. The Morgan fingerprint density at radius 1 is 1.19 bits per heavy atom. The van der Waals surface area contributed by atoms with E-state index in [1.165, 1.54) is 71.2 Å². The van der Waals surface area contributed by atoms with Crippen LogP contribution in [0.3, 0.4) is 0 Å². The zero-order valence-electron chi connectivity index (χ0n) is 14.8. The summed E-state index contributed by atoms with van der Waals surface area (Å²) < 4.78 is 0. The number of nitrogens with zero attached hydrogens (tertiary/aromatic N) is 2. The van der Waals surface area contributed by atoms with Gasteiger partial charge in [-0.3, -0.25) is 0 Å². The van der Waals surface area contributed by atoms with Crippen LogP contribution in [0.15, 0.2) is 0 Å². The molecule has 2 rings (SSSR count). The molecule has 2 fully saturated rings. The van der Waals surface area contributed by atoms with E-state index in [2.05, 4.69) is 43.1 Å². The largest absolute Gasteiger partial charge is 0.316 e. The molecule has 3 heteroatoms. The summed E-state index contributed by atoms with van der Waals surface area (Å²) >= 11 is 0. The second-order valence-corrected chi connectivity index (χ2v) is 8.00. The molecule has 0 aromatic carbocycles. The maximum Gasteiger partial charge on any atom is 0.0229 e. The third-order valence-electron chi connectivity index (χ3n) is 5.80. The fraction of sp³-hybridized carbons (Fsp3) is 1.00. The quantitative estimate of drug-likeness (QED) is 0.729. The zero-order chi connectivity index (χ0) is 15.3. The van der Waals surface area contributed by atoms with Crippen LogP contribution in [0.4, 0.5) is 0 Å². The Morgan fingerprint density at radius 2 is 1.90 bits per heavy atom. The van der Waals surface area contributed by atoms with Crippen molar-refractivity contribution in [2.24, 2.45) is 11.3 Å². The summed E-state index contributed by atoms with van der Waals surface area (Å²) in [5.74, 6) is 0.942. The van der Waals surface area contributed by atoms with Gasteiger partial charge in [0, 0.05) is 25.7 Å². The second kappa shape index (κ2) is 7.94. The fourth-order valence-corrected chi connectivity index (χ4v) is 4.15. The molecule has 1 saturated heterocycles. The third-order valence-corrected chi connectivity index (χ3v) is 5.80. The Kier molecular flexibility index (Phi) is 6.51. The van der Waals surface area contributed by atoms with Crippen molar-refractivity contribution in [3.05, 3.63) is 0 Å². The molecule has 1 saturated carbocycles. The summed E-state index contributed by atoms with van der Waals surface area (Å²) in [6.07, 6.45) is 8.31. The second-order valence-electron chi connectivity index (χ2n) is 8.00. The number of likely N-dealkylation sites (N-methyl/N-ethyl adjacent to an activating group) is 1. The monoisotopic (exact) mass is 295 g/mol. The Hall–Kier alpha value is -0.120. The van der Waals surface area contributed by atoms with Crippen LogP contribution in [-0.2, 0) is 0 Å². The standard InChI is InChI=1S/C18H37N3/c1-5-11-19-14-18(9-6-16(2)7-10-18)15-21-12-8-17(13-21)20(3)4/h16-17,19H,5-15H2,1-4H3. The van der Waals surface area contributed by atoms with Crippen LogP contribution >= 0.6 is 0 Å². The normalized spacial score (nSPS) is 34.7. The van der Waals surface area contributed by atoms with Crippen LogP contribution in [0.1, 0.15) is 52.4 Å². The Morgan fingerprint density at radius 3 is 2.48 bits per heavy atom. The lowest BCUT2D eigenvalue weighted by molar-refractivity contribution is 0.0949. The van der Waals surface area contributed by atoms with Gasteiger partial charge in [0.25, 0.3) is 0 Å². The van der Waals surface area contributed by atoms with Crippen molar-refractivity contribution >= 4 is 0 Å². The summed E-state index contributed by atoms with van der Waals surface area (Å²) in [5.41, 5.74) is 0.545. The van der Waals surface area contributed by atoms with E-state index in [-0.39, 0.29) is 0 Å². The summed E-state index contributed by atoms with van der Waals surface area (Å²) in [4.78, 5) is 5.15. The van der Waals surface area contributed by atoms with Crippen LogP contribution in [-0.4, -0.2) is 62.7 Å². The smallest absolute Gasteiger partial charge is 0.0229 e. The van der Waals surface area contributed by atoms with E-state index in [0.717, 1.165) is 12.0 Å². The molecule has 0 radical (unpaired) electrons. The molecule has 1 heterocycles. The van der Waals surface area contributed by atoms with E-state index in [0.29, 0.717) is 5.41 Å². The zero-order valence-corrected chi connectivity index (χ0v) is 14.8. The van der Waals surface area contributed by atoms with Crippen molar-refractivity contribution in [1.82, 2.24) is 15.1 Å². The first-order chi connectivity index (χ1) is 10.0. The number of hydrogen-bond acceptors (Lipinski definition) is 3. The molecule has 1 atom stereocenters. The highest BCUT2D eigenvalue weighted by atomic mass is 15.2. The molecular weight excluding hydrogens is 258 g/mol. The van der Waals surface area contributed by atoms with Crippen molar-refractivity contribution in [2.45, 2.75) is 58.4 Å². The minimum absolute atomic E-state index is 0.545. The van der Waals surface area contributed by atoms with Crippen molar-refractivity contribution in [1.29, 1.82) is 0 Å². The lowest BCUT2D eigenvalue weighted by Crippen LogP contribution is -2.46. The fourth-order valence-electron chi connectivity index (χ4n) is 4.15. The van der Waals surface area contributed by atoms with Crippen molar-refractivity contribution in [2.75, 3.05) is 46.8 Å². The molecule has 0 aromatic rings.